The fraction of sp³-hybridized carbons (Fsp3) is 0.273. The van der Waals surface area contributed by atoms with Crippen LogP contribution in [0, 0.1) is 13.8 Å². The zero-order valence-electron chi connectivity index (χ0n) is 16.5. The molecule has 1 aromatic carbocycles. The molecule has 0 bridgehead atoms. The van der Waals surface area contributed by atoms with E-state index in [0.29, 0.717) is 29.5 Å². The topological polar surface area (TPSA) is 59.4 Å². The molecule has 0 atom stereocenters. The largest absolute Gasteiger partial charge is 0.378 e. The molecule has 1 N–H and O–H groups in total. The van der Waals surface area contributed by atoms with Crippen LogP contribution in [-0.4, -0.2) is 41.8 Å². The van der Waals surface area contributed by atoms with Crippen molar-refractivity contribution in [2.45, 2.75) is 13.8 Å². The summed E-state index contributed by atoms with van der Waals surface area (Å²) >= 11 is 6.00. The minimum Gasteiger partial charge on any atom is -0.378 e. The third-order valence-corrected chi connectivity index (χ3v) is 5.35. The molecular formula is C22H23ClN4O2. The Balaban J connectivity index is 1.51. The molecule has 6 nitrogen and oxygen atoms in total. The van der Waals surface area contributed by atoms with Crippen molar-refractivity contribution in [3.05, 3.63) is 70.6 Å². The molecule has 2 aromatic heterocycles. The first-order valence-electron chi connectivity index (χ1n) is 9.58. The van der Waals surface area contributed by atoms with E-state index in [1.54, 1.807) is 6.20 Å². The van der Waals surface area contributed by atoms with Crippen LogP contribution in [0.2, 0.25) is 5.02 Å². The van der Waals surface area contributed by atoms with Gasteiger partial charge in [0.05, 0.1) is 30.7 Å². The number of carbonyl (C=O) groups is 1. The molecule has 1 fully saturated rings. The highest BCUT2D eigenvalue weighted by atomic mass is 35.5. The second-order valence-electron chi connectivity index (χ2n) is 7.06. The highest BCUT2D eigenvalue weighted by molar-refractivity contribution is 6.30. The lowest BCUT2D eigenvalue weighted by Crippen LogP contribution is -2.36. The number of pyridine rings is 1. The summed E-state index contributed by atoms with van der Waals surface area (Å²) < 4.78 is 7.42. The number of halogens is 1. The lowest BCUT2D eigenvalue weighted by molar-refractivity contribution is 0.102. The molecule has 3 aromatic rings. The van der Waals surface area contributed by atoms with Crippen LogP contribution < -0.4 is 10.2 Å². The predicted molar refractivity (Wildman–Crippen MR) is 115 cm³/mol. The number of aryl methyl sites for hydroxylation is 1. The van der Waals surface area contributed by atoms with Crippen molar-refractivity contribution < 1.29 is 9.53 Å². The number of nitrogens with zero attached hydrogens (tertiary/aromatic N) is 3. The highest BCUT2D eigenvalue weighted by Gasteiger charge is 2.17. The van der Waals surface area contributed by atoms with Gasteiger partial charge < -0.3 is 19.5 Å². The number of aromatic nitrogens is 2. The van der Waals surface area contributed by atoms with Crippen LogP contribution in [0.15, 0.2) is 48.7 Å². The standard InChI is InChI=1S/C22H23ClN4O2/c1-15-13-20(16(2)27(15)19-6-3-17(23)4-7-19)22(28)25-18-5-8-21(24-14-18)26-9-11-29-12-10-26/h3-8,13-14H,9-12H2,1-2H3,(H,25,28). The number of benzene rings is 1. The van der Waals surface area contributed by atoms with Gasteiger partial charge in [-0.1, -0.05) is 11.6 Å². The molecule has 1 aliphatic rings. The van der Waals surface area contributed by atoms with Crippen LogP contribution in [0.4, 0.5) is 11.5 Å². The quantitative estimate of drug-likeness (QED) is 0.699. The second kappa shape index (κ2) is 8.27. The molecule has 1 saturated heterocycles. The van der Waals surface area contributed by atoms with E-state index in [-0.39, 0.29) is 5.91 Å². The van der Waals surface area contributed by atoms with E-state index in [9.17, 15) is 4.79 Å². The molecule has 150 valence electrons. The van der Waals surface area contributed by atoms with Crippen molar-refractivity contribution in [3.63, 3.8) is 0 Å². The summed E-state index contributed by atoms with van der Waals surface area (Å²) in [6.07, 6.45) is 1.70. The number of morpholine rings is 1. The Morgan fingerprint density at radius 1 is 1.10 bits per heavy atom. The molecule has 0 saturated carbocycles. The van der Waals surface area contributed by atoms with Crippen molar-refractivity contribution in [3.8, 4) is 5.69 Å². The molecule has 7 heteroatoms. The third kappa shape index (κ3) is 4.13. The zero-order chi connectivity index (χ0) is 20.4. The summed E-state index contributed by atoms with van der Waals surface area (Å²) in [5.41, 5.74) is 4.13. The summed E-state index contributed by atoms with van der Waals surface area (Å²) in [5.74, 6) is 0.742. The van der Waals surface area contributed by atoms with Gasteiger partial charge in [-0.05, 0) is 56.3 Å². The highest BCUT2D eigenvalue weighted by Crippen LogP contribution is 2.23. The summed E-state index contributed by atoms with van der Waals surface area (Å²) in [5, 5.41) is 3.63. The van der Waals surface area contributed by atoms with E-state index >= 15 is 0 Å². The zero-order valence-corrected chi connectivity index (χ0v) is 17.2. The first kappa shape index (κ1) is 19.5. The average Bonchev–Trinajstić information content (AvgIpc) is 3.04. The minimum atomic E-state index is -0.153. The van der Waals surface area contributed by atoms with Crippen LogP contribution in [-0.2, 0) is 4.74 Å². The van der Waals surface area contributed by atoms with Gasteiger partial charge in [0, 0.05) is 35.2 Å². The van der Waals surface area contributed by atoms with Crippen LogP contribution >= 0.6 is 11.6 Å². The number of amides is 1. The lowest BCUT2D eigenvalue weighted by Gasteiger charge is -2.27. The summed E-state index contributed by atoms with van der Waals surface area (Å²) in [6, 6.07) is 13.3. The number of hydrogen-bond acceptors (Lipinski definition) is 4. The third-order valence-electron chi connectivity index (χ3n) is 5.10. The Morgan fingerprint density at radius 3 is 2.48 bits per heavy atom. The monoisotopic (exact) mass is 410 g/mol. The van der Waals surface area contributed by atoms with Crippen molar-refractivity contribution in [1.82, 2.24) is 9.55 Å². The van der Waals surface area contributed by atoms with E-state index in [1.807, 2.05) is 60.9 Å². The Kier molecular flexibility index (Phi) is 5.56. The Bertz CT molecular complexity index is 1010. The van der Waals surface area contributed by atoms with Gasteiger partial charge in [-0.25, -0.2) is 4.98 Å². The molecule has 4 rings (SSSR count). The van der Waals surface area contributed by atoms with Crippen LogP contribution in [0.3, 0.4) is 0 Å². The van der Waals surface area contributed by atoms with E-state index in [4.69, 9.17) is 16.3 Å². The Morgan fingerprint density at radius 2 is 1.83 bits per heavy atom. The van der Waals surface area contributed by atoms with Crippen LogP contribution in [0.25, 0.3) is 5.69 Å². The van der Waals surface area contributed by atoms with Gasteiger partial charge in [-0.15, -0.1) is 0 Å². The number of anilines is 2. The fourth-order valence-electron chi connectivity index (χ4n) is 3.62. The smallest absolute Gasteiger partial charge is 0.257 e. The Labute approximate surface area is 175 Å². The molecule has 0 radical (unpaired) electrons. The maximum atomic E-state index is 12.9. The van der Waals surface area contributed by atoms with Gasteiger partial charge in [0.25, 0.3) is 5.91 Å². The van der Waals surface area contributed by atoms with E-state index < -0.39 is 0 Å². The molecule has 1 aliphatic heterocycles. The van der Waals surface area contributed by atoms with E-state index in [0.717, 1.165) is 36.0 Å². The molecule has 0 aliphatic carbocycles. The lowest BCUT2D eigenvalue weighted by atomic mass is 10.2. The van der Waals surface area contributed by atoms with Gasteiger partial charge in [0.2, 0.25) is 0 Å². The Hall–Kier alpha value is -2.83. The van der Waals surface area contributed by atoms with Crippen molar-refractivity contribution in [1.29, 1.82) is 0 Å². The van der Waals surface area contributed by atoms with Crippen molar-refractivity contribution >= 4 is 29.0 Å². The first-order chi connectivity index (χ1) is 14.0. The minimum absolute atomic E-state index is 0.153. The number of carbonyl (C=O) groups excluding carboxylic acids is 1. The summed E-state index contributed by atoms with van der Waals surface area (Å²) in [6.45, 7) is 7.00. The first-order valence-corrected chi connectivity index (χ1v) is 9.96. The normalized spacial score (nSPS) is 14.1. The maximum Gasteiger partial charge on any atom is 0.257 e. The molecule has 0 unspecified atom stereocenters. The van der Waals surface area contributed by atoms with Gasteiger partial charge >= 0.3 is 0 Å². The molecule has 0 spiro atoms. The molecule has 3 heterocycles. The SMILES string of the molecule is Cc1cc(C(=O)Nc2ccc(N3CCOCC3)nc2)c(C)n1-c1ccc(Cl)cc1. The van der Waals surface area contributed by atoms with Gasteiger partial charge in [0.1, 0.15) is 5.82 Å². The van der Waals surface area contributed by atoms with Gasteiger partial charge in [-0.2, -0.15) is 0 Å². The van der Waals surface area contributed by atoms with Crippen LogP contribution in [0.5, 0.6) is 0 Å². The van der Waals surface area contributed by atoms with E-state index in [2.05, 4.69) is 15.2 Å². The number of ether oxygens (including phenoxy) is 1. The molecule has 29 heavy (non-hydrogen) atoms. The number of rotatable bonds is 4. The second-order valence-corrected chi connectivity index (χ2v) is 7.49. The number of nitrogens with one attached hydrogen (secondary N) is 1. The predicted octanol–water partition coefficient (Wildman–Crippen LogP) is 4.23. The molecule has 1 amide bonds. The summed E-state index contributed by atoms with van der Waals surface area (Å²) in [7, 11) is 0. The van der Waals surface area contributed by atoms with Crippen molar-refractivity contribution in [2.24, 2.45) is 0 Å². The average molecular weight is 411 g/mol. The summed E-state index contributed by atoms with van der Waals surface area (Å²) in [4.78, 5) is 19.5. The van der Waals surface area contributed by atoms with Crippen LogP contribution in [0.1, 0.15) is 21.7 Å². The van der Waals surface area contributed by atoms with Crippen molar-refractivity contribution in [2.75, 3.05) is 36.5 Å². The maximum absolute atomic E-state index is 12.9. The van der Waals surface area contributed by atoms with Gasteiger partial charge in [0.15, 0.2) is 0 Å². The molecular weight excluding hydrogens is 388 g/mol. The van der Waals surface area contributed by atoms with Gasteiger partial charge in [-0.3, -0.25) is 4.79 Å². The van der Waals surface area contributed by atoms with E-state index in [1.165, 1.54) is 0 Å². The number of hydrogen-bond donors (Lipinski definition) is 1. The fourth-order valence-corrected chi connectivity index (χ4v) is 3.74.